The summed E-state index contributed by atoms with van der Waals surface area (Å²) in [7, 11) is -1.18. The molecule has 0 fully saturated rings. The zero-order valence-electron chi connectivity index (χ0n) is 50.1. The summed E-state index contributed by atoms with van der Waals surface area (Å²) in [5, 5.41) is 0. The van der Waals surface area contributed by atoms with Gasteiger partial charge < -0.3 is 13.8 Å². The number of hydrogen-bond acceptors (Lipinski definition) is 5. The van der Waals surface area contributed by atoms with E-state index in [0.29, 0.717) is 13.0 Å². The first-order valence-electron chi connectivity index (χ1n) is 33.3. The third-order valence-electron chi connectivity index (χ3n) is 15.6. The molecule has 4 nitrogen and oxygen atoms in total. The lowest BCUT2D eigenvalue weighted by Crippen LogP contribution is -2.05. The van der Waals surface area contributed by atoms with Crippen LogP contribution in [0.15, 0.2) is 48.5 Å². The number of carbonyl (C=O) groups is 1. The van der Waals surface area contributed by atoms with Gasteiger partial charge in [-0.05, 0) is 79.6 Å². The molecule has 0 saturated heterocycles. The Morgan fingerprint density at radius 2 is 0.627 bits per heavy atom. The largest absolute Gasteiger partial charge is 0.466 e. The Hall–Kier alpha value is -1.71. The van der Waals surface area contributed by atoms with Gasteiger partial charge in [-0.25, -0.2) is 0 Å². The quantitative estimate of drug-likeness (QED) is 0.0375. The van der Waals surface area contributed by atoms with E-state index in [1.807, 2.05) is 11.4 Å². The summed E-state index contributed by atoms with van der Waals surface area (Å²) >= 11 is 1.91. The van der Waals surface area contributed by atoms with Gasteiger partial charge >= 0.3 is 13.5 Å². The van der Waals surface area contributed by atoms with Crippen molar-refractivity contribution in [2.24, 2.45) is 0 Å². The topological polar surface area (TPSA) is 44.8 Å². The molecule has 0 unspecified atom stereocenters. The molecule has 0 aromatic heterocycles. The summed E-state index contributed by atoms with van der Waals surface area (Å²) in [4.78, 5) is 12.2. The van der Waals surface area contributed by atoms with Crippen LogP contribution in [0.25, 0.3) is 0 Å². The van der Waals surface area contributed by atoms with Gasteiger partial charge in [0.1, 0.15) is 11.5 Å². The highest BCUT2D eigenvalue weighted by Gasteiger charge is 2.20. The fourth-order valence-electron chi connectivity index (χ4n) is 10.6. The van der Waals surface area contributed by atoms with Crippen molar-refractivity contribution in [2.45, 2.75) is 348 Å². The molecule has 6 heteroatoms. The van der Waals surface area contributed by atoms with E-state index in [1.165, 1.54) is 300 Å². The van der Waals surface area contributed by atoms with Crippen molar-refractivity contribution in [2.75, 3.05) is 12.4 Å². The fraction of sp³-hybridized carbons (Fsp3) is 0.812. The molecule has 434 valence electrons. The van der Waals surface area contributed by atoms with Crippen LogP contribution in [-0.2, 0) is 22.4 Å². The lowest BCUT2D eigenvalue weighted by Gasteiger charge is -2.21. The Bertz CT molecular complexity index is 1410. The van der Waals surface area contributed by atoms with Gasteiger partial charge in [-0.15, -0.1) is 0 Å². The third kappa shape index (κ3) is 44.8. The normalized spacial score (nSPS) is 11.5. The van der Waals surface area contributed by atoms with Gasteiger partial charge in [0.15, 0.2) is 0 Å². The molecule has 0 heterocycles. The van der Waals surface area contributed by atoms with Crippen molar-refractivity contribution in [1.82, 2.24) is 0 Å². The Morgan fingerprint density at radius 1 is 0.347 bits per heavy atom. The highest BCUT2D eigenvalue weighted by Crippen LogP contribution is 2.53. The van der Waals surface area contributed by atoms with Crippen molar-refractivity contribution in [3.63, 3.8) is 0 Å². The second-order valence-corrected chi connectivity index (χ2v) is 26.0. The second-order valence-electron chi connectivity index (χ2n) is 22.8. The number of carbonyl (C=O) groups excluding carboxylic acids is 1. The van der Waals surface area contributed by atoms with E-state index in [1.54, 1.807) is 0 Å². The SMILES string of the molecule is CCCCCCCCCCCCCCOC(=O)CCCCCCCCCCCCCCSP(Oc1ccccc1CCCCCCCCCCCCCC)Oc1ccccc1CCCCCCCCCCCCCC. The maximum Gasteiger partial charge on any atom is 0.360 e. The van der Waals surface area contributed by atoms with Crippen LogP contribution < -0.4 is 9.05 Å². The van der Waals surface area contributed by atoms with Gasteiger partial charge in [-0.2, -0.15) is 0 Å². The number of hydrogen-bond donors (Lipinski definition) is 0. The Morgan fingerprint density at radius 3 is 0.973 bits per heavy atom. The van der Waals surface area contributed by atoms with Crippen LogP contribution >= 0.6 is 19.0 Å². The van der Waals surface area contributed by atoms with E-state index in [0.717, 1.165) is 49.4 Å². The molecule has 0 atom stereocenters. The van der Waals surface area contributed by atoms with Crippen LogP contribution in [0.2, 0.25) is 0 Å². The number of ether oxygens (including phenoxy) is 1. The van der Waals surface area contributed by atoms with Crippen LogP contribution in [0.1, 0.15) is 347 Å². The number of aryl methyl sites for hydroxylation is 2. The average Bonchev–Trinajstić information content (AvgIpc) is 3.42. The number of para-hydroxylation sites is 2. The molecule has 2 rings (SSSR count). The van der Waals surface area contributed by atoms with Gasteiger partial charge in [0, 0.05) is 12.2 Å². The minimum absolute atomic E-state index is 0.0153. The molecule has 2 aromatic carbocycles. The van der Waals surface area contributed by atoms with Gasteiger partial charge in [0.25, 0.3) is 0 Å². The maximum absolute atomic E-state index is 12.2. The van der Waals surface area contributed by atoms with Crippen molar-refractivity contribution in [3.8, 4) is 11.5 Å². The van der Waals surface area contributed by atoms with Crippen LogP contribution in [0.3, 0.4) is 0 Å². The number of benzene rings is 2. The first kappa shape index (κ1) is 69.4. The minimum atomic E-state index is -1.18. The van der Waals surface area contributed by atoms with E-state index in [4.69, 9.17) is 13.8 Å². The molecule has 2 aromatic rings. The zero-order valence-corrected chi connectivity index (χ0v) is 51.8. The monoisotopic (exact) mass is 1080 g/mol. The minimum Gasteiger partial charge on any atom is -0.466 e. The highest BCUT2D eigenvalue weighted by atomic mass is 32.7. The van der Waals surface area contributed by atoms with Crippen molar-refractivity contribution in [1.29, 1.82) is 0 Å². The standard InChI is InChI=1S/C69H123O4PS/c1-4-7-10-13-16-19-22-27-32-37-42-47-56-65-58-50-52-60-67(65)72-74(73-68-61-53-51-59-66(68)57-48-43-38-33-28-23-20-17-14-11-8-5-2)75-64-55-46-41-36-31-26-25-29-34-39-44-49-62-69(70)71-63-54-45-40-35-30-24-21-18-15-12-9-6-3/h50-53,58-61H,4-49,54-57,62-64H2,1-3H3. The van der Waals surface area contributed by atoms with Crippen LogP contribution in [0, 0.1) is 0 Å². The first-order chi connectivity index (χ1) is 37.2. The van der Waals surface area contributed by atoms with Gasteiger partial charge in [-0.3, -0.25) is 4.79 Å². The van der Waals surface area contributed by atoms with Crippen LogP contribution in [-0.4, -0.2) is 18.3 Å². The average molecular weight is 1080 g/mol. The molecule has 0 aliphatic heterocycles. The zero-order chi connectivity index (χ0) is 53.4. The predicted octanol–water partition coefficient (Wildman–Crippen LogP) is 24.9. The molecule has 0 aliphatic rings. The summed E-state index contributed by atoms with van der Waals surface area (Å²) in [5.41, 5.74) is 2.67. The Kier molecular flexibility index (Phi) is 51.4. The molecule has 0 amide bonds. The van der Waals surface area contributed by atoms with Crippen molar-refractivity contribution in [3.05, 3.63) is 59.7 Å². The summed E-state index contributed by atoms with van der Waals surface area (Å²) < 4.78 is 19.4. The summed E-state index contributed by atoms with van der Waals surface area (Å²) in [6, 6.07) is 17.6. The molecule has 0 saturated carbocycles. The first-order valence-corrected chi connectivity index (χ1v) is 36.0. The maximum atomic E-state index is 12.2. The van der Waals surface area contributed by atoms with E-state index in [-0.39, 0.29) is 5.97 Å². The second kappa shape index (κ2) is 55.6. The van der Waals surface area contributed by atoms with Crippen molar-refractivity contribution >= 4 is 24.9 Å². The summed E-state index contributed by atoms with van der Waals surface area (Å²) in [6.45, 7) is 7.51. The number of esters is 1. The molecule has 0 radical (unpaired) electrons. The van der Waals surface area contributed by atoms with E-state index < -0.39 is 7.58 Å². The number of unbranched alkanes of at least 4 members (excludes halogenated alkanes) is 44. The van der Waals surface area contributed by atoms with E-state index >= 15 is 0 Å². The van der Waals surface area contributed by atoms with E-state index in [2.05, 4.69) is 69.3 Å². The summed E-state index contributed by atoms with van der Waals surface area (Å²) in [6.07, 6.45) is 67.0. The van der Waals surface area contributed by atoms with Crippen LogP contribution in [0.5, 0.6) is 11.5 Å². The lowest BCUT2D eigenvalue weighted by molar-refractivity contribution is -0.143. The third-order valence-corrected chi connectivity index (χ3v) is 18.6. The van der Waals surface area contributed by atoms with Gasteiger partial charge in [-0.1, -0.05) is 333 Å². The smallest absolute Gasteiger partial charge is 0.360 e. The lowest BCUT2D eigenvalue weighted by atomic mass is 10.0. The molecular weight excluding hydrogens is 956 g/mol. The molecule has 0 bridgehead atoms. The van der Waals surface area contributed by atoms with Gasteiger partial charge in [0.2, 0.25) is 0 Å². The molecule has 0 spiro atoms. The van der Waals surface area contributed by atoms with Crippen molar-refractivity contribution < 1.29 is 18.6 Å². The summed E-state index contributed by atoms with van der Waals surface area (Å²) in [5.74, 6) is 3.14. The highest BCUT2D eigenvalue weighted by molar-refractivity contribution is 8.53. The molecule has 0 aliphatic carbocycles. The Balaban J connectivity index is 1.66. The fourth-order valence-corrected chi connectivity index (χ4v) is 13.6. The van der Waals surface area contributed by atoms with Crippen LogP contribution in [0.4, 0.5) is 0 Å². The molecular formula is C69H123O4PS. The Labute approximate surface area is 472 Å². The number of rotatable bonds is 59. The van der Waals surface area contributed by atoms with Gasteiger partial charge in [0.05, 0.1) is 6.61 Å². The molecule has 75 heavy (non-hydrogen) atoms. The predicted molar refractivity (Wildman–Crippen MR) is 335 cm³/mol. The molecule has 0 N–H and O–H groups in total. The van der Waals surface area contributed by atoms with E-state index in [9.17, 15) is 4.79 Å².